The average molecular weight is 596 g/mol. The molecule has 3 aromatic rings. The summed E-state index contributed by atoms with van der Waals surface area (Å²) in [6.07, 6.45) is 1.43. The van der Waals surface area contributed by atoms with Crippen molar-refractivity contribution in [2.45, 2.75) is 6.61 Å². The first kappa shape index (κ1) is 25.2. The summed E-state index contributed by atoms with van der Waals surface area (Å²) >= 11 is 8.04. The molecule has 34 heavy (non-hydrogen) atoms. The number of ether oxygens (including phenoxy) is 3. The van der Waals surface area contributed by atoms with Gasteiger partial charge in [0, 0.05) is 17.2 Å². The molecule has 0 spiro atoms. The van der Waals surface area contributed by atoms with Gasteiger partial charge in [-0.3, -0.25) is 14.9 Å². The van der Waals surface area contributed by atoms with Crippen LogP contribution in [0.5, 0.6) is 17.2 Å². The zero-order valence-electron chi connectivity index (χ0n) is 18.1. The summed E-state index contributed by atoms with van der Waals surface area (Å²) in [6.45, 7) is 0.331. The van der Waals surface area contributed by atoms with Gasteiger partial charge in [0.1, 0.15) is 12.4 Å². The van der Waals surface area contributed by atoms with Gasteiger partial charge in [0.15, 0.2) is 11.5 Å². The van der Waals surface area contributed by atoms with Crippen LogP contribution in [0.15, 0.2) is 59.7 Å². The number of nitrogens with zero attached hydrogens (tertiary/aromatic N) is 2. The van der Waals surface area contributed by atoms with Gasteiger partial charge in [-0.1, -0.05) is 23.7 Å². The molecule has 0 saturated carbocycles. The summed E-state index contributed by atoms with van der Waals surface area (Å²) in [4.78, 5) is 22.9. The number of carbonyl (C=O) groups is 1. The maximum atomic E-state index is 12.5. The molecule has 0 bridgehead atoms. The lowest BCUT2D eigenvalue weighted by molar-refractivity contribution is -0.384. The largest absolute Gasteiger partial charge is 0.496 e. The quantitative estimate of drug-likeness (QED) is 0.157. The fraction of sp³-hybridized carbons (Fsp3) is 0.130. The molecular formula is C23H19ClIN3O6. The van der Waals surface area contributed by atoms with Crippen molar-refractivity contribution in [2.75, 3.05) is 14.2 Å². The van der Waals surface area contributed by atoms with Crippen molar-refractivity contribution in [2.24, 2.45) is 5.10 Å². The van der Waals surface area contributed by atoms with E-state index in [0.717, 1.165) is 15.2 Å². The zero-order chi connectivity index (χ0) is 24.7. The molecule has 1 amide bonds. The lowest BCUT2D eigenvalue weighted by atomic mass is 10.1. The van der Waals surface area contributed by atoms with Crippen LogP contribution in [0.3, 0.4) is 0 Å². The van der Waals surface area contributed by atoms with Crippen molar-refractivity contribution in [1.29, 1.82) is 0 Å². The number of methoxy groups -OCH3 is 2. The lowest BCUT2D eigenvalue weighted by Gasteiger charge is -2.13. The number of non-ortho nitro benzene ring substituents is 1. The molecule has 0 heterocycles. The number of hydrogen-bond acceptors (Lipinski definition) is 7. The van der Waals surface area contributed by atoms with Crippen LogP contribution >= 0.6 is 34.2 Å². The number of benzene rings is 3. The summed E-state index contributed by atoms with van der Waals surface area (Å²) < 4.78 is 17.3. The van der Waals surface area contributed by atoms with E-state index < -0.39 is 10.8 Å². The Morgan fingerprint density at radius 1 is 1.12 bits per heavy atom. The van der Waals surface area contributed by atoms with Crippen molar-refractivity contribution >= 4 is 52.0 Å². The van der Waals surface area contributed by atoms with E-state index in [1.165, 1.54) is 32.6 Å². The fourth-order valence-electron chi connectivity index (χ4n) is 2.90. The summed E-state index contributed by atoms with van der Waals surface area (Å²) in [5, 5.41) is 15.6. The van der Waals surface area contributed by atoms with Crippen LogP contribution in [-0.4, -0.2) is 31.3 Å². The Labute approximate surface area is 214 Å². The van der Waals surface area contributed by atoms with Crippen LogP contribution in [0.25, 0.3) is 0 Å². The molecule has 0 fully saturated rings. The number of nitro benzene ring substituents is 1. The van der Waals surface area contributed by atoms with Crippen LogP contribution in [0.2, 0.25) is 5.02 Å². The second kappa shape index (κ2) is 11.7. The van der Waals surface area contributed by atoms with E-state index >= 15 is 0 Å². The molecule has 3 rings (SSSR count). The third kappa shape index (κ3) is 6.35. The smallest absolute Gasteiger partial charge is 0.275 e. The van der Waals surface area contributed by atoms with Crippen molar-refractivity contribution < 1.29 is 23.9 Å². The van der Waals surface area contributed by atoms with E-state index in [0.29, 0.717) is 28.7 Å². The van der Waals surface area contributed by atoms with Crippen molar-refractivity contribution in [1.82, 2.24) is 5.43 Å². The highest BCUT2D eigenvalue weighted by molar-refractivity contribution is 14.1. The number of nitro groups is 1. The van der Waals surface area contributed by atoms with Crippen molar-refractivity contribution in [3.8, 4) is 17.2 Å². The minimum Gasteiger partial charge on any atom is -0.496 e. The Bertz CT molecular complexity index is 1230. The van der Waals surface area contributed by atoms with Crippen LogP contribution in [0.4, 0.5) is 5.69 Å². The Kier molecular flexibility index (Phi) is 8.66. The molecular weight excluding hydrogens is 577 g/mol. The highest BCUT2D eigenvalue weighted by atomic mass is 127. The van der Waals surface area contributed by atoms with Crippen molar-refractivity contribution in [3.63, 3.8) is 0 Å². The fourth-order valence-corrected chi connectivity index (χ4v) is 3.81. The topological polar surface area (TPSA) is 112 Å². The maximum Gasteiger partial charge on any atom is 0.275 e. The van der Waals surface area contributed by atoms with Gasteiger partial charge >= 0.3 is 0 Å². The second-order valence-corrected chi connectivity index (χ2v) is 8.39. The first-order chi connectivity index (χ1) is 16.3. The molecule has 0 aromatic heterocycles. The number of carbonyl (C=O) groups excluding carboxylic acids is 1. The molecule has 0 aliphatic carbocycles. The van der Waals surface area contributed by atoms with Crippen LogP contribution in [0.1, 0.15) is 21.5 Å². The summed E-state index contributed by atoms with van der Waals surface area (Å²) in [5.74, 6) is 0.604. The van der Waals surface area contributed by atoms with Crippen LogP contribution in [-0.2, 0) is 6.61 Å². The van der Waals surface area contributed by atoms with Gasteiger partial charge in [-0.15, -0.1) is 0 Å². The first-order valence-electron chi connectivity index (χ1n) is 9.73. The van der Waals surface area contributed by atoms with Gasteiger partial charge in [-0.05, 0) is 64.0 Å². The molecule has 0 saturated heterocycles. The summed E-state index contributed by atoms with van der Waals surface area (Å²) in [5.41, 5.74) is 3.71. The van der Waals surface area contributed by atoms with Gasteiger partial charge in [-0.2, -0.15) is 5.10 Å². The first-order valence-corrected chi connectivity index (χ1v) is 11.2. The maximum absolute atomic E-state index is 12.5. The molecule has 0 aliphatic heterocycles. The third-order valence-electron chi connectivity index (χ3n) is 4.57. The third-order valence-corrected chi connectivity index (χ3v) is 5.62. The molecule has 0 atom stereocenters. The van der Waals surface area contributed by atoms with E-state index in [9.17, 15) is 14.9 Å². The van der Waals surface area contributed by atoms with E-state index in [2.05, 4.69) is 33.1 Å². The highest BCUT2D eigenvalue weighted by Crippen LogP contribution is 2.34. The SMILES string of the molecule is COc1ccc([N+](=O)[O-])cc1C(=O)N/N=C\c1cc(I)c(OCc2ccc(Cl)cc2)c(OC)c1. The monoisotopic (exact) mass is 595 g/mol. The second-order valence-electron chi connectivity index (χ2n) is 6.79. The lowest BCUT2D eigenvalue weighted by Crippen LogP contribution is -2.18. The Hall–Kier alpha value is -3.38. The number of halogens is 2. The number of hydrogen-bond donors (Lipinski definition) is 1. The van der Waals surface area contributed by atoms with Gasteiger partial charge in [0.05, 0.1) is 34.5 Å². The molecule has 176 valence electrons. The molecule has 3 aromatic carbocycles. The minimum absolute atomic E-state index is 0.00745. The molecule has 0 unspecified atom stereocenters. The molecule has 9 nitrogen and oxygen atoms in total. The van der Waals surface area contributed by atoms with Crippen molar-refractivity contribution in [3.05, 3.63) is 90.0 Å². The van der Waals surface area contributed by atoms with E-state index in [-0.39, 0.29) is 17.0 Å². The van der Waals surface area contributed by atoms with E-state index in [4.69, 9.17) is 25.8 Å². The Morgan fingerprint density at radius 3 is 2.47 bits per heavy atom. The minimum atomic E-state index is -0.652. The molecule has 0 radical (unpaired) electrons. The van der Waals surface area contributed by atoms with Gasteiger partial charge in [-0.25, -0.2) is 5.43 Å². The number of nitrogens with one attached hydrogen (secondary N) is 1. The Morgan fingerprint density at radius 2 is 1.82 bits per heavy atom. The van der Waals surface area contributed by atoms with Crippen LogP contribution < -0.4 is 19.6 Å². The van der Waals surface area contributed by atoms with Gasteiger partial charge in [0.2, 0.25) is 0 Å². The highest BCUT2D eigenvalue weighted by Gasteiger charge is 2.17. The number of amides is 1. The summed E-state index contributed by atoms with van der Waals surface area (Å²) in [6, 6.07) is 14.6. The van der Waals surface area contributed by atoms with Crippen LogP contribution in [0, 0.1) is 13.7 Å². The average Bonchev–Trinajstić information content (AvgIpc) is 2.83. The molecule has 11 heteroatoms. The van der Waals surface area contributed by atoms with Gasteiger partial charge in [0.25, 0.3) is 11.6 Å². The predicted octanol–water partition coefficient (Wildman–Crippen LogP) is 5.21. The number of rotatable bonds is 9. The Balaban J connectivity index is 1.73. The standard InChI is InChI=1S/C23H19ClIN3O6/c1-32-20-8-7-17(28(30)31)11-18(20)23(29)27-26-12-15-9-19(25)22(21(10-15)33-2)34-13-14-3-5-16(24)6-4-14/h3-12H,13H2,1-2H3,(H,27,29)/b26-12-. The number of hydrazone groups is 1. The summed E-state index contributed by atoms with van der Waals surface area (Å²) in [7, 11) is 2.89. The predicted molar refractivity (Wildman–Crippen MR) is 136 cm³/mol. The molecule has 0 aliphatic rings. The van der Waals surface area contributed by atoms with E-state index in [1.807, 2.05) is 18.2 Å². The molecule has 1 N–H and O–H groups in total. The van der Waals surface area contributed by atoms with E-state index in [1.54, 1.807) is 18.2 Å². The van der Waals surface area contributed by atoms with Gasteiger partial charge < -0.3 is 14.2 Å². The normalized spacial score (nSPS) is 10.7. The zero-order valence-corrected chi connectivity index (χ0v) is 21.0.